The van der Waals surface area contributed by atoms with E-state index in [2.05, 4.69) is 15.3 Å². The average molecular weight is 442 g/mol. The van der Waals surface area contributed by atoms with Gasteiger partial charge < -0.3 is 20.9 Å². The van der Waals surface area contributed by atoms with Crippen LogP contribution in [-0.4, -0.2) is 40.5 Å². The molecule has 0 aliphatic carbocycles. The Kier molecular flexibility index (Phi) is 5.65. The van der Waals surface area contributed by atoms with Crippen molar-refractivity contribution in [3.05, 3.63) is 47.2 Å². The molecule has 0 unspecified atom stereocenters. The molecule has 2 aromatic heterocycles. The summed E-state index contributed by atoms with van der Waals surface area (Å²) in [5.41, 5.74) is 7.54. The summed E-state index contributed by atoms with van der Waals surface area (Å²) in [6.07, 6.45) is -2.52. The number of fused-ring (bicyclic) bond motifs is 1. The lowest BCUT2D eigenvalue weighted by Gasteiger charge is -2.27. The number of carbonyl (C=O) groups is 1. The number of nitrogens with zero attached hydrogens (tertiary/aromatic N) is 3. The maximum Gasteiger partial charge on any atom is 0.418 e. The van der Waals surface area contributed by atoms with E-state index in [0.717, 1.165) is 12.6 Å². The van der Waals surface area contributed by atoms with Gasteiger partial charge in [-0.05, 0) is 37.0 Å². The number of pyridine rings is 1. The third-order valence-corrected chi connectivity index (χ3v) is 5.60. The summed E-state index contributed by atoms with van der Waals surface area (Å²) in [6.45, 7) is 1.54. The summed E-state index contributed by atoms with van der Waals surface area (Å²) in [4.78, 5) is 20.5. The summed E-state index contributed by atoms with van der Waals surface area (Å²) in [5.74, 6) is 0. The molecule has 1 aliphatic heterocycles. The molecule has 32 heavy (non-hydrogen) atoms. The zero-order valence-corrected chi connectivity index (χ0v) is 17.1. The molecule has 3 aromatic rings. The molecule has 3 heterocycles. The maximum atomic E-state index is 13.8. The van der Waals surface area contributed by atoms with Crippen molar-refractivity contribution in [2.45, 2.75) is 25.4 Å². The van der Waals surface area contributed by atoms with Crippen molar-refractivity contribution in [2.24, 2.45) is 0 Å². The van der Waals surface area contributed by atoms with Gasteiger partial charge in [0.1, 0.15) is 5.65 Å². The summed E-state index contributed by atoms with van der Waals surface area (Å²) in [7, 11) is 0. The number of aryl methyl sites for hydroxylation is 1. The highest BCUT2D eigenvalue weighted by atomic mass is 19.4. The standard InChI is InChI=1S/C22H21F3N6O/c23-22(24,25)16-12-29-20-17(15(16)3-1-9-31-10-2-8-28-21(31)32)18(27)19(30-20)14-6-4-13(11-26)5-7-14/h4-7,12H,1-3,8-10,27H2,(H,28,32)(H,29,30). The van der Waals surface area contributed by atoms with Crippen molar-refractivity contribution < 1.29 is 18.0 Å². The lowest BCUT2D eigenvalue weighted by atomic mass is 9.99. The molecule has 0 radical (unpaired) electrons. The molecule has 1 aromatic carbocycles. The molecule has 0 saturated carbocycles. The van der Waals surface area contributed by atoms with Crippen LogP contribution in [0.25, 0.3) is 22.3 Å². The summed E-state index contributed by atoms with van der Waals surface area (Å²) >= 11 is 0. The molecule has 10 heteroatoms. The van der Waals surface area contributed by atoms with E-state index < -0.39 is 11.7 Å². The summed E-state index contributed by atoms with van der Waals surface area (Å²) < 4.78 is 41.3. The smallest absolute Gasteiger partial charge is 0.396 e. The van der Waals surface area contributed by atoms with Crippen LogP contribution in [0.4, 0.5) is 23.7 Å². The second kappa shape index (κ2) is 8.42. The van der Waals surface area contributed by atoms with Crippen LogP contribution in [0.2, 0.25) is 0 Å². The minimum Gasteiger partial charge on any atom is -0.396 e. The Morgan fingerprint density at radius 3 is 2.66 bits per heavy atom. The van der Waals surface area contributed by atoms with E-state index in [-0.39, 0.29) is 34.7 Å². The minimum absolute atomic E-state index is 0.0635. The molecule has 1 fully saturated rings. The van der Waals surface area contributed by atoms with Gasteiger partial charge in [-0.2, -0.15) is 18.4 Å². The molecular formula is C22H21F3N6O. The van der Waals surface area contributed by atoms with E-state index in [9.17, 15) is 18.0 Å². The largest absolute Gasteiger partial charge is 0.418 e. The Morgan fingerprint density at radius 1 is 1.25 bits per heavy atom. The first-order valence-electron chi connectivity index (χ1n) is 10.2. The van der Waals surface area contributed by atoms with Gasteiger partial charge in [-0.3, -0.25) is 0 Å². The van der Waals surface area contributed by atoms with Crippen molar-refractivity contribution in [2.75, 3.05) is 25.4 Å². The van der Waals surface area contributed by atoms with Gasteiger partial charge in [-0.15, -0.1) is 0 Å². The predicted octanol–water partition coefficient (Wildman–Crippen LogP) is 4.05. The first-order chi connectivity index (χ1) is 15.3. The second-order valence-corrected chi connectivity index (χ2v) is 7.65. The number of anilines is 1. The van der Waals surface area contributed by atoms with Gasteiger partial charge in [0, 0.05) is 36.8 Å². The molecule has 0 spiro atoms. The molecular weight excluding hydrogens is 421 g/mol. The highest BCUT2D eigenvalue weighted by molar-refractivity contribution is 6.00. The topological polar surface area (TPSA) is 111 Å². The van der Waals surface area contributed by atoms with Crippen LogP contribution in [0, 0.1) is 11.3 Å². The van der Waals surface area contributed by atoms with Gasteiger partial charge in [-0.1, -0.05) is 12.1 Å². The van der Waals surface area contributed by atoms with Crippen LogP contribution in [0.1, 0.15) is 29.5 Å². The number of rotatable bonds is 5. The van der Waals surface area contributed by atoms with E-state index in [4.69, 9.17) is 11.0 Å². The van der Waals surface area contributed by atoms with Gasteiger partial charge in [0.2, 0.25) is 0 Å². The molecule has 1 saturated heterocycles. The number of hydrogen-bond donors (Lipinski definition) is 3. The first-order valence-corrected chi connectivity index (χ1v) is 10.2. The lowest BCUT2D eigenvalue weighted by molar-refractivity contribution is -0.138. The molecule has 4 rings (SSSR count). The Hall–Kier alpha value is -3.74. The van der Waals surface area contributed by atoms with Gasteiger partial charge in [-0.25, -0.2) is 9.78 Å². The quantitative estimate of drug-likeness (QED) is 0.554. The SMILES string of the molecule is N#Cc1ccc(-c2[nH]c3ncc(C(F)(F)F)c(CCCN4CCCNC4=O)c3c2N)cc1. The van der Waals surface area contributed by atoms with E-state index >= 15 is 0 Å². The number of nitrogen functional groups attached to an aromatic ring is 1. The molecule has 0 atom stereocenters. The number of aromatic nitrogens is 2. The zero-order valence-electron chi connectivity index (χ0n) is 17.1. The monoisotopic (exact) mass is 442 g/mol. The van der Waals surface area contributed by atoms with Crippen molar-refractivity contribution in [1.29, 1.82) is 5.26 Å². The normalized spacial score (nSPS) is 14.4. The third kappa shape index (κ3) is 4.06. The van der Waals surface area contributed by atoms with Gasteiger partial charge in [0.05, 0.1) is 28.6 Å². The number of alkyl halides is 3. The highest BCUT2D eigenvalue weighted by Crippen LogP contribution is 2.40. The average Bonchev–Trinajstić information content (AvgIpc) is 3.11. The van der Waals surface area contributed by atoms with Crippen LogP contribution >= 0.6 is 0 Å². The molecule has 0 bridgehead atoms. The molecule has 2 amide bonds. The van der Waals surface area contributed by atoms with E-state index in [1.165, 1.54) is 0 Å². The molecule has 1 aliphatic rings. The summed E-state index contributed by atoms with van der Waals surface area (Å²) in [5, 5.41) is 12.0. The highest BCUT2D eigenvalue weighted by Gasteiger charge is 2.35. The number of nitrogens with two attached hydrogens (primary N) is 1. The fourth-order valence-corrected chi connectivity index (χ4v) is 4.03. The number of urea groups is 1. The fraction of sp³-hybridized carbons (Fsp3) is 0.318. The Morgan fingerprint density at radius 2 is 2.00 bits per heavy atom. The van der Waals surface area contributed by atoms with Crippen molar-refractivity contribution in [3.8, 4) is 17.3 Å². The Bertz CT molecular complexity index is 1190. The van der Waals surface area contributed by atoms with Crippen molar-refractivity contribution in [3.63, 3.8) is 0 Å². The summed E-state index contributed by atoms with van der Waals surface area (Å²) in [6, 6.07) is 8.40. The van der Waals surface area contributed by atoms with Crippen LogP contribution in [-0.2, 0) is 12.6 Å². The van der Waals surface area contributed by atoms with Gasteiger partial charge in [0.25, 0.3) is 0 Å². The van der Waals surface area contributed by atoms with Crippen LogP contribution in [0.5, 0.6) is 0 Å². The fourth-order valence-electron chi connectivity index (χ4n) is 4.03. The van der Waals surface area contributed by atoms with E-state index in [1.54, 1.807) is 29.2 Å². The first kappa shape index (κ1) is 21.5. The molecule has 166 valence electrons. The second-order valence-electron chi connectivity index (χ2n) is 7.65. The van der Waals surface area contributed by atoms with E-state index in [0.29, 0.717) is 42.9 Å². The van der Waals surface area contributed by atoms with Crippen molar-refractivity contribution in [1.82, 2.24) is 20.2 Å². The van der Waals surface area contributed by atoms with Crippen LogP contribution in [0.15, 0.2) is 30.5 Å². The number of carbonyl (C=O) groups excluding carboxylic acids is 1. The zero-order chi connectivity index (χ0) is 22.9. The van der Waals surface area contributed by atoms with E-state index in [1.807, 2.05) is 6.07 Å². The number of nitriles is 1. The number of H-pyrrole nitrogens is 1. The number of hydrogen-bond acceptors (Lipinski definition) is 4. The number of benzene rings is 1. The molecule has 7 nitrogen and oxygen atoms in total. The van der Waals surface area contributed by atoms with Crippen LogP contribution in [0.3, 0.4) is 0 Å². The molecule has 4 N–H and O–H groups in total. The Balaban J connectivity index is 1.71. The van der Waals surface area contributed by atoms with Gasteiger partial charge >= 0.3 is 12.2 Å². The van der Waals surface area contributed by atoms with Gasteiger partial charge in [0.15, 0.2) is 0 Å². The predicted molar refractivity (Wildman–Crippen MR) is 114 cm³/mol. The van der Waals surface area contributed by atoms with Crippen molar-refractivity contribution >= 4 is 22.8 Å². The maximum absolute atomic E-state index is 13.8. The number of halogens is 3. The van der Waals surface area contributed by atoms with Crippen LogP contribution < -0.4 is 11.1 Å². The number of nitrogens with one attached hydrogen (secondary N) is 2. The third-order valence-electron chi connectivity index (χ3n) is 5.60. The Labute approximate surface area is 182 Å². The lowest BCUT2D eigenvalue weighted by Crippen LogP contribution is -2.46. The number of aromatic amines is 1. The minimum atomic E-state index is -4.59. The number of amides is 2.